The molecule has 1 aromatic heterocycles. The van der Waals surface area contributed by atoms with Crippen LogP contribution in [-0.4, -0.2) is 9.97 Å². The quantitative estimate of drug-likeness (QED) is 0.655. The summed E-state index contributed by atoms with van der Waals surface area (Å²) in [5.74, 6) is 0.710. The second-order valence-electron chi connectivity index (χ2n) is 4.40. The fourth-order valence-corrected chi connectivity index (χ4v) is 2.56. The molecule has 0 aliphatic carbocycles. The van der Waals surface area contributed by atoms with Gasteiger partial charge >= 0.3 is 0 Å². The van der Waals surface area contributed by atoms with Gasteiger partial charge in [-0.15, -0.1) is 0 Å². The lowest BCUT2D eigenvalue weighted by molar-refractivity contribution is 1.21. The Labute approximate surface area is 130 Å². The number of benzene rings is 2. The molecule has 3 rings (SSSR count). The Morgan fingerprint density at radius 3 is 2.70 bits per heavy atom. The topological polar surface area (TPSA) is 37.8 Å². The molecule has 3 aromatic rings. The molecule has 0 spiro atoms. The van der Waals surface area contributed by atoms with Crippen LogP contribution in [-0.2, 0) is 0 Å². The molecule has 2 aromatic carbocycles. The van der Waals surface area contributed by atoms with Crippen molar-refractivity contribution in [3.05, 3.63) is 57.8 Å². The van der Waals surface area contributed by atoms with Crippen molar-refractivity contribution < 1.29 is 0 Å². The lowest BCUT2D eigenvalue weighted by Crippen LogP contribution is -1.99. The van der Waals surface area contributed by atoms with Crippen LogP contribution in [0.3, 0.4) is 0 Å². The number of fused-ring (bicyclic) bond motifs is 1. The molecule has 0 unspecified atom stereocenters. The number of rotatable bonds is 2. The molecule has 0 bridgehead atoms. The third kappa shape index (κ3) is 2.49. The minimum absolute atomic E-state index is 0.235. The monoisotopic (exact) mass is 347 g/mol. The Morgan fingerprint density at radius 1 is 1.05 bits per heavy atom. The van der Waals surface area contributed by atoms with Gasteiger partial charge in [0, 0.05) is 15.5 Å². The van der Waals surface area contributed by atoms with Gasteiger partial charge in [0.1, 0.15) is 5.82 Å². The Hall–Kier alpha value is -1.65. The third-order valence-electron chi connectivity index (χ3n) is 3.10. The molecule has 0 aliphatic rings. The second kappa shape index (κ2) is 5.38. The van der Waals surface area contributed by atoms with E-state index in [2.05, 4.69) is 31.2 Å². The fraction of sp³-hybridized carbons (Fsp3) is 0.0667. The first-order valence-electron chi connectivity index (χ1n) is 6.09. The maximum Gasteiger partial charge on any atom is 0.224 e. The van der Waals surface area contributed by atoms with Crippen molar-refractivity contribution in [3.63, 3.8) is 0 Å². The summed E-state index contributed by atoms with van der Waals surface area (Å²) in [4.78, 5) is 8.52. The van der Waals surface area contributed by atoms with Gasteiger partial charge in [0.25, 0.3) is 0 Å². The summed E-state index contributed by atoms with van der Waals surface area (Å²) in [6.45, 7) is 2.04. The maximum absolute atomic E-state index is 5.99. The molecule has 3 nitrogen and oxygen atoms in total. The summed E-state index contributed by atoms with van der Waals surface area (Å²) in [5.41, 5.74) is 2.92. The Balaban J connectivity index is 2.13. The largest absolute Gasteiger partial charge is 0.339 e. The van der Waals surface area contributed by atoms with Crippen LogP contribution < -0.4 is 5.32 Å². The van der Waals surface area contributed by atoms with Crippen LogP contribution in [0.1, 0.15) is 5.56 Å². The van der Waals surface area contributed by atoms with E-state index in [4.69, 9.17) is 11.6 Å². The van der Waals surface area contributed by atoms with Gasteiger partial charge in [-0.2, -0.15) is 4.98 Å². The number of halogens is 2. The van der Waals surface area contributed by atoms with Crippen LogP contribution in [0.2, 0.25) is 5.28 Å². The zero-order valence-corrected chi connectivity index (χ0v) is 13.0. The second-order valence-corrected chi connectivity index (χ2v) is 5.59. The lowest BCUT2D eigenvalue weighted by Gasteiger charge is -2.12. The van der Waals surface area contributed by atoms with Crippen LogP contribution in [0.4, 0.5) is 11.5 Å². The molecule has 0 radical (unpaired) electrons. The number of nitrogens with one attached hydrogen (secondary N) is 1. The van der Waals surface area contributed by atoms with E-state index < -0.39 is 0 Å². The van der Waals surface area contributed by atoms with E-state index in [-0.39, 0.29) is 5.28 Å². The summed E-state index contributed by atoms with van der Waals surface area (Å²) < 4.78 is 1.05. The van der Waals surface area contributed by atoms with Crippen LogP contribution in [0.5, 0.6) is 0 Å². The number of hydrogen-bond acceptors (Lipinski definition) is 3. The summed E-state index contributed by atoms with van der Waals surface area (Å²) in [5, 5.41) is 4.51. The normalized spacial score (nSPS) is 10.8. The molecule has 5 heteroatoms. The molecule has 0 saturated carbocycles. The van der Waals surface area contributed by atoms with E-state index in [1.54, 1.807) is 0 Å². The number of hydrogen-bond donors (Lipinski definition) is 1. The highest BCUT2D eigenvalue weighted by Crippen LogP contribution is 2.29. The minimum Gasteiger partial charge on any atom is -0.339 e. The lowest BCUT2D eigenvalue weighted by atomic mass is 10.2. The van der Waals surface area contributed by atoms with Crippen molar-refractivity contribution in [2.75, 3.05) is 5.32 Å². The van der Waals surface area contributed by atoms with Crippen LogP contribution in [0.15, 0.2) is 46.9 Å². The third-order valence-corrected chi connectivity index (χ3v) is 4.12. The summed E-state index contributed by atoms with van der Waals surface area (Å²) >= 11 is 9.51. The summed E-state index contributed by atoms with van der Waals surface area (Å²) in [7, 11) is 0. The smallest absolute Gasteiger partial charge is 0.224 e. The van der Waals surface area contributed by atoms with Crippen LogP contribution in [0, 0.1) is 6.92 Å². The van der Waals surface area contributed by atoms with Gasteiger partial charge in [-0.05, 0) is 48.4 Å². The zero-order valence-electron chi connectivity index (χ0n) is 10.7. The van der Waals surface area contributed by atoms with Crippen LogP contribution in [0.25, 0.3) is 10.9 Å². The van der Waals surface area contributed by atoms with Crippen molar-refractivity contribution in [1.82, 2.24) is 9.97 Å². The van der Waals surface area contributed by atoms with Gasteiger partial charge in [0.15, 0.2) is 0 Å². The average Bonchev–Trinajstić information content (AvgIpc) is 2.43. The predicted molar refractivity (Wildman–Crippen MR) is 86.7 cm³/mol. The standard InChI is InChI=1S/C15H11BrClN3/c1-9-11(16)6-4-8-12(9)18-14-10-5-2-3-7-13(10)19-15(17)20-14/h2-8H,1H3,(H,18,19,20). The van der Waals surface area contributed by atoms with Crippen molar-refractivity contribution in [2.24, 2.45) is 0 Å². The van der Waals surface area contributed by atoms with E-state index >= 15 is 0 Å². The van der Waals surface area contributed by atoms with Crippen molar-refractivity contribution in [3.8, 4) is 0 Å². The maximum atomic E-state index is 5.99. The van der Waals surface area contributed by atoms with E-state index in [0.717, 1.165) is 26.6 Å². The fourth-order valence-electron chi connectivity index (χ4n) is 2.01. The van der Waals surface area contributed by atoms with Crippen LogP contribution >= 0.6 is 27.5 Å². The average molecular weight is 349 g/mol. The van der Waals surface area contributed by atoms with E-state index in [0.29, 0.717) is 5.82 Å². The van der Waals surface area contributed by atoms with Gasteiger partial charge in [-0.25, -0.2) is 4.98 Å². The molecule has 0 amide bonds. The zero-order chi connectivity index (χ0) is 14.1. The molecular formula is C15H11BrClN3. The molecule has 1 N–H and O–H groups in total. The Kier molecular flexibility index (Phi) is 3.59. The first-order chi connectivity index (χ1) is 9.65. The van der Waals surface area contributed by atoms with Gasteiger partial charge in [0.2, 0.25) is 5.28 Å². The predicted octanol–water partition coefficient (Wildman–Crippen LogP) is 5.10. The summed E-state index contributed by atoms with van der Waals surface area (Å²) in [6, 6.07) is 13.8. The van der Waals surface area contributed by atoms with E-state index in [9.17, 15) is 0 Å². The Morgan fingerprint density at radius 2 is 1.85 bits per heavy atom. The minimum atomic E-state index is 0.235. The van der Waals surface area contributed by atoms with Crippen molar-refractivity contribution in [2.45, 2.75) is 6.92 Å². The molecular weight excluding hydrogens is 338 g/mol. The number of anilines is 2. The number of nitrogens with zero attached hydrogens (tertiary/aromatic N) is 2. The van der Waals surface area contributed by atoms with E-state index in [1.165, 1.54) is 0 Å². The van der Waals surface area contributed by atoms with Gasteiger partial charge in [-0.1, -0.05) is 34.1 Å². The molecule has 0 fully saturated rings. The first-order valence-corrected chi connectivity index (χ1v) is 7.26. The summed E-state index contributed by atoms with van der Waals surface area (Å²) in [6.07, 6.45) is 0. The highest BCUT2D eigenvalue weighted by atomic mass is 79.9. The molecule has 20 heavy (non-hydrogen) atoms. The SMILES string of the molecule is Cc1c(Br)cccc1Nc1nc(Cl)nc2ccccc12. The van der Waals surface area contributed by atoms with Gasteiger partial charge in [0.05, 0.1) is 5.52 Å². The van der Waals surface area contributed by atoms with Gasteiger partial charge < -0.3 is 5.32 Å². The molecule has 1 heterocycles. The molecule has 0 aliphatic heterocycles. The number of aromatic nitrogens is 2. The van der Waals surface area contributed by atoms with Crippen molar-refractivity contribution in [1.29, 1.82) is 0 Å². The highest BCUT2D eigenvalue weighted by molar-refractivity contribution is 9.10. The molecule has 0 atom stereocenters. The van der Waals surface area contributed by atoms with E-state index in [1.807, 2.05) is 49.4 Å². The first kappa shape index (κ1) is 13.3. The highest BCUT2D eigenvalue weighted by Gasteiger charge is 2.08. The molecule has 0 saturated heterocycles. The van der Waals surface area contributed by atoms with Crippen molar-refractivity contribution >= 4 is 49.9 Å². The Bertz CT molecular complexity index is 789. The molecule has 100 valence electrons. The van der Waals surface area contributed by atoms with Gasteiger partial charge in [-0.3, -0.25) is 0 Å². The number of para-hydroxylation sites is 1.